The molecule has 1 aromatic carbocycles. The fourth-order valence-corrected chi connectivity index (χ4v) is 7.66. The van der Waals surface area contributed by atoms with Gasteiger partial charge in [-0.15, -0.1) is 0 Å². The van der Waals surface area contributed by atoms with Crippen LogP contribution < -0.4 is 0 Å². The first-order valence-corrected chi connectivity index (χ1v) is 14.7. The summed E-state index contributed by atoms with van der Waals surface area (Å²) in [6.45, 7) is 15.6. The van der Waals surface area contributed by atoms with Gasteiger partial charge in [-0.3, -0.25) is 4.79 Å². The minimum atomic E-state index is -1.68. The lowest BCUT2D eigenvalue weighted by molar-refractivity contribution is -0.129. The van der Waals surface area contributed by atoms with Gasteiger partial charge in [-0.1, -0.05) is 43.9 Å². The zero-order valence-electron chi connectivity index (χ0n) is 19.4. The zero-order chi connectivity index (χ0) is 21.4. The van der Waals surface area contributed by atoms with Crippen LogP contribution in [-0.4, -0.2) is 14.1 Å². The molecule has 0 aliphatic heterocycles. The predicted octanol–water partition coefficient (Wildman–Crippen LogP) is 6.55. The Kier molecular flexibility index (Phi) is 6.19. The van der Waals surface area contributed by atoms with E-state index < -0.39 is 8.32 Å². The van der Waals surface area contributed by atoms with Gasteiger partial charge in [0.05, 0.1) is 5.60 Å². The van der Waals surface area contributed by atoms with Gasteiger partial charge in [0, 0.05) is 23.8 Å². The van der Waals surface area contributed by atoms with Crippen LogP contribution in [0.5, 0.6) is 0 Å². The van der Waals surface area contributed by atoms with Crippen molar-refractivity contribution in [3.8, 4) is 11.8 Å². The molecule has 29 heavy (non-hydrogen) atoms. The maximum absolute atomic E-state index is 12.5. The minimum Gasteiger partial charge on any atom is -0.409 e. The topological polar surface area (TPSA) is 26.3 Å². The molecule has 3 rings (SSSR count). The summed E-state index contributed by atoms with van der Waals surface area (Å²) in [5.74, 6) is 8.67. The highest BCUT2D eigenvalue weighted by Crippen LogP contribution is 2.56. The van der Waals surface area contributed by atoms with E-state index in [1.807, 2.05) is 0 Å². The Bertz CT molecular complexity index is 823. The summed E-state index contributed by atoms with van der Waals surface area (Å²) in [5, 5.41) is 0. The maximum Gasteiger partial charge on any atom is 0.184 e. The molecule has 0 spiro atoms. The number of fused-ring (bicyclic) bond motifs is 1. The number of Topliss-reactive ketones (excluding diaryl/α,β-unsaturated/α-hetero) is 1. The van der Waals surface area contributed by atoms with Crippen molar-refractivity contribution in [1.82, 2.24) is 0 Å². The zero-order valence-corrected chi connectivity index (χ0v) is 20.4. The van der Waals surface area contributed by atoms with Gasteiger partial charge < -0.3 is 4.43 Å². The molecule has 0 unspecified atom stereocenters. The molecule has 2 aliphatic carbocycles. The smallest absolute Gasteiger partial charge is 0.184 e. The number of ketones is 1. The molecule has 0 N–H and O–H groups in total. The van der Waals surface area contributed by atoms with Gasteiger partial charge in [-0.25, -0.2) is 0 Å². The number of carbonyl (C=O) groups excluding carboxylic acids is 1. The largest absolute Gasteiger partial charge is 0.409 e. The SMILES string of the molecule is C[C@@H](C#Cc1ccccc1C(C)(C)O[Si](C)(C)C)[C@H]1CC[C@H]2C(=O)CCC[C@]12C. The average Bonchev–Trinajstić information content (AvgIpc) is 2.96. The summed E-state index contributed by atoms with van der Waals surface area (Å²) in [7, 11) is -1.68. The highest BCUT2D eigenvalue weighted by molar-refractivity contribution is 6.69. The summed E-state index contributed by atoms with van der Waals surface area (Å²) < 4.78 is 6.49. The minimum absolute atomic E-state index is 0.142. The van der Waals surface area contributed by atoms with Crippen molar-refractivity contribution in [2.24, 2.45) is 23.2 Å². The Morgan fingerprint density at radius 1 is 1.21 bits per heavy atom. The quantitative estimate of drug-likeness (QED) is 0.416. The molecule has 2 aliphatic rings. The van der Waals surface area contributed by atoms with Crippen LogP contribution in [0.25, 0.3) is 0 Å². The van der Waals surface area contributed by atoms with Crippen LogP contribution in [-0.2, 0) is 14.8 Å². The molecule has 1 aromatic rings. The molecule has 2 fully saturated rings. The number of carbonyl (C=O) groups is 1. The van der Waals surface area contributed by atoms with Gasteiger partial charge in [0.2, 0.25) is 0 Å². The average molecular weight is 411 g/mol. The summed E-state index contributed by atoms with van der Waals surface area (Å²) in [5.41, 5.74) is 2.04. The van der Waals surface area contributed by atoms with Crippen LogP contribution in [0, 0.1) is 35.0 Å². The highest BCUT2D eigenvalue weighted by atomic mass is 28.4. The molecule has 3 heteroatoms. The Morgan fingerprint density at radius 3 is 2.59 bits per heavy atom. The third-order valence-corrected chi connectivity index (χ3v) is 8.23. The van der Waals surface area contributed by atoms with E-state index in [9.17, 15) is 4.79 Å². The van der Waals surface area contributed by atoms with Gasteiger partial charge in [0.1, 0.15) is 5.78 Å². The van der Waals surface area contributed by atoms with Crippen molar-refractivity contribution < 1.29 is 9.22 Å². The Morgan fingerprint density at radius 2 is 1.90 bits per heavy atom. The standard InChI is InChI=1S/C26H38O2Si/c1-19(21-16-17-23-24(27)13-10-18-26(21,23)4)14-15-20-11-8-9-12-22(20)25(2,3)28-29(5,6)7/h8-9,11-12,19,21,23H,10,13,16-18H2,1-7H3/t19-,21+,23-,26+/m0/s1. The van der Waals surface area contributed by atoms with Gasteiger partial charge >= 0.3 is 0 Å². The molecule has 0 bridgehead atoms. The molecule has 4 atom stereocenters. The van der Waals surface area contributed by atoms with E-state index in [1.165, 1.54) is 12.0 Å². The van der Waals surface area contributed by atoms with Gasteiger partial charge in [0.25, 0.3) is 0 Å². The Balaban J connectivity index is 1.85. The molecule has 0 saturated heterocycles. The third kappa shape index (κ3) is 4.70. The van der Waals surface area contributed by atoms with Gasteiger partial charge in [0.15, 0.2) is 8.32 Å². The molecule has 0 heterocycles. The normalized spacial score (nSPS) is 28.4. The van der Waals surface area contributed by atoms with Crippen molar-refractivity contribution in [3.63, 3.8) is 0 Å². The van der Waals surface area contributed by atoms with E-state index in [1.54, 1.807) is 0 Å². The van der Waals surface area contributed by atoms with Crippen molar-refractivity contribution in [2.45, 2.75) is 85.0 Å². The summed E-state index contributed by atoms with van der Waals surface area (Å²) in [6, 6.07) is 8.42. The third-order valence-electron chi connectivity index (χ3n) is 7.11. The van der Waals surface area contributed by atoms with Crippen LogP contribution in [0.3, 0.4) is 0 Å². The summed E-state index contributed by atoms with van der Waals surface area (Å²) >= 11 is 0. The summed E-state index contributed by atoms with van der Waals surface area (Å²) in [6.07, 6.45) is 5.20. The Labute approximate surface area is 178 Å². The number of rotatable bonds is 4. The van der Waals surface area contributed by atoms with E-state index in [0.29, 0.717) is 17.6 Å². The van der Waals surface area contributed by atoms with Crippen molar-refractivity contribution >= 4 is 14.1 Å². The van der Waals surface area contributed by atoms with Crippen molar-refractivity contribution in [1.29, 1.82) is 0 Å². The molecular weight excluding hydrogens is 372 g/mol. The lowest BCUT2D eigenvalue weighted by atomic mass is 9.62. The van der Waals surface area contributed by atoms with Crippen LogP contribution in [0.15, 0.2) is 24.3 Å². The second kappa shape index (κ2) is 8.04. The van der Waals surface area contributed by atoms with Crippen LogP contribution in [0.1, 0.15) is 70.9 Å². The van der Waals surface area contributed by atoms with Crippen LogP contribution >= 0.6 is 0 Å². The molecule has 2 saturated carbocycles. The second-order valence-electron chi connectivity index (χ2n) is 10.9. The molecule has 158 valence electrons. The first-order chi connectivity index (χ1) is 13.4. The van der Waals surface area contributed by atoms with E-state index in [0.717, 1.165) is 31.2 Å². The fraction of sp³-hybridized carbons (Fsp3) is 0.654. The number of hydrogen-bond donors (Lipinski definition) is 0. The molecule has 0 aromatic heterocycles. The maximum atomic E-state index is 12.5. The van der Waals surface area contributed by atoms with Crippen molar-refractivity contribution in [2.75, 3.05) is 0 Å². The van der Waals surface area contributed by atoms with E-state index >= 15 is 0 Å². The van der Waals surface area contributed by atoms with E-state index in [-0.39, 0.29) is 16.9 Å². The molecule has 0 amide bonds. The van der Waals surface area contributed by atoms with E-state index in [4.69, 9.17) is 4.43 Å². The second-order valence-corrected chi connectivity index (χ2v) is 15.3. The van der Waals surface area contributed by atoms with Gasteiger partial charge in [-0.2, -0.15) is 0 Å². The van der Waals surface area contributed by atoms with Crippen LogP contribution in [0.4, 0.5) is 0 Å². The van der Waals surface area contributed by atoms with Crippen molar-refractivity contribution in [3.05, 3.63) is 35.4 Å². The fourth-order valence-electron chi connectivity index (χ4n) is 6.02. The lowest BCUT2D eigenvalue weighted by Crippen LogP contribution is -2.39. The highest BCUT2D eigenvalue weighted by Gasteiger charge is 2.52. The van der Waals surface area contributed by atoms with Gasteiger partial charge in [-0.05, 0) is 82.1 Å². The van der Waals surface area contributed by atoms with E-state index in [2.05, 4.69) is 83.4 Å². The molecule has 0 radical (unpaired) electrons. The van der Waals surface area contributed by atoms with Crippen LogP contribution in [0.2, 0.25) is 19.6 Å². The first kappa shape index (κ1) is 22.3. The summed E-state index contributed by atoms with van der Waals surface area (Å²) in [4.78, 5) is 12.5. The molecular formula is C26H38O2Si. The first-order valence-electron chi connectivity index (χ1n) is 11.3. The predicted molar refractivity (Wildman–Crippen MR) is 123 cm³/mol. The molecule has 2 nitrogen and oxygen atoms in total. The lowest BCUT2D eigenvalue weighted by Gasteiger charge is -2.41. The Hall–Kier alpha value is -1.37. The monoisotopic (exact) mass is 410 g/mol. The number of benzene rings is 1. The number of hydrogen-bond acceptors (Lipinski definition) is 2.